The summed E-state index contributed by atoms with van der Waals surface area (Å²) in [5.41, 5.74) is 4.78. The van der Waals surface area contributed by atoms with Crippen molar-refractivity contribution >= 4 is 11.8 Å². The van der Waals surface area contributed by atoms with Crippen LogP contribution in [0.3, 0.4) is 0 Å². The topological polar surface area (TPSA) is 58.2 Å². The number of nitrogens with one attached hydrogen (secondary N) is 2. The number of hydrogen-bond donors (Lipinski definition) is 2. The summed E-state index contributed by atoms with van der Waals surface area (Å²) in [5.74, 6) is -0.175. The van der Waals surface area contributed by atoms with Crippen LogP contribution in [-0.4, -0.2) is 11.8 Å². The van der Waals surface area contributed by atoms with E-state index >= 15 is 0 Å². The van der Waals surface area contributed by atoms with Crippen LogP contribution >= 0.6 is 0 Å². The summed E-state index contributed by atoms with van der Waals surface area (Å²) in [5, 5.41) is 0. The predicted molar refractivity (Wildman–Crippen MR) is 48.6 cm³/mol. The molecule has 0 aromatic heterocycles. The van der Waals surface area contributed by atoms with E-state index in [1.54, 1.807) is 0 Å². The molecule has 0 bridgehead atoms. The minimum absolute atomic E-state index is 0.0877. The molecule has 0 aromatic rings. The molecule has 0 unspecified atom stereocenters. The third-order valence-corrected chi connectivity index (χ3v) is 2.15. The Morgan fingerprint density at radius 1 is 0.692 bits per heavy atom. The zero-order chi connectivity index (χ0) is 9.52. The van der Waals surface area contributed by atoms with E-state index in [0.29, 0.717) is 12.8 Å². The van der Waals surface area contributed by atoms with Crippen molar-refractivity contribution in [3.63, 3.8) is 0 Å². The van der Waals surface area contributed by atoms with Gasteiger partial charge in [-0.3, -0.25) is 20.4 Å². The quantitative estimate of drug-likeness (QED) is 0.587. The minimum Gasteiger partial charge on any atom is -0.273 e. The first-order chi connectivity index (χ1) is 6.29. The maximum absolute atomic E-state index is 11.0. The molecule has 4 nitrogen and oxygen atoms in total. The number of rotatable bonds is 0. The molecule has 1 aliphatic rings. The van der Waals surface area contributed by atoms with Crippen LogP contribution in [0.2, 0.25) is 0 Å². The van der Waals surface area contributed by atoms with Crippen LogP contribution in [0.15, 0.2) is 0 Å². The van der Waals surface area contributed by atoms with Gasteiger partial charge < -0.3 is 0 Å². The van der Waals surface area contributed by atoms with E-state index in [1.807, 2.05) is 0 Å². The van der Waals surface area contributed by atoms with Crippen molar-refractivity contribution in [3.8, 4) is 0 Å². The Hall–Kier alpha value is -1.06. The number of hydrogen-bond acceptors (Lipinski definition) is 2. The lowest BCUT2D eigenvalue weighted by Crippen LogP contribution is -2.41. The maximum Gasteiger partial charge on any atom is 0.238 e. The average Bonchev–Trinajstić information content (AvgIpc) is 2.15. The van der Waals surface area contributed by atoms with Crippen molar-refractivity contribution < 1.29 is 9.59 Å². The van der Waals surface area contributed by atoms with E-state index < -0.39 is 0 Å². The lowest BCUT2D eigenvalue weighted by atomic mass is 10.1. The molecular formula is C9H16N2O2. The second kappa shape index (κ2) is 5.56. The molecule has 0 aromatic carbocycles. The Bertz CT molecular complexity index is 172. The van der Waals surface area contributed by atoms with Gasteiger partial charge in [0.15, 0.2) is 0 Å². The second-order valence-electron chi connectivity index (χ2n) is 3.36. The largest absolute Gasteiger partial charge is 0.273 e. The normalized spacial score (nSPS) is 21.2. The molecule has 2 N–H and O–H groups in total. The molecule has 4 heteroatoms. The van der Waals surface area contributed by atoms with Gasteiger partial charge in [-0.25, -0.2) is 0 Å². The van der Waals surface area contributed by atoms with Gasteiger partial charge in [0.05, 0.1) is 0 Å². The zero-order valence-electron chi connectivity index (χ0n) is 7.77. The molecule has 0 saturated carbocycles. The van der Waals surface area contributed by atoms with E-state index in [-0.39, 0.29) is 11.8 Å². The third-order valence-electron chi connectivity index (χ3n) is 2.15. The van der Waals surface area contributed by atoms with Crippen molar-refractivity contribution in [2.24, 2.45) is 0 Å². The van der Waals surface area contributed by atoms with E-state index in [1.165, 1.54) is 0 Å². The highest BCUT2D eigenvalue weighted by Gasteiger charge is 2.06. The van der Waals surface area contributed by atoms with E-state index in [4.69, 9.17) is 0 Å². The highest BCUT2D eigenvalue weighted by atomic mass is 16.2. The van der Waals surface area contributed by atoms with E-state index in [9.17, 15) is 9.59 Å². The molecule has 1 saturated heterocycles. The smallest absolute Gasteiger partial charge is 0.238 e. The van der Waals surface area contributed by atoms with Crippen molar-refractivity contribution in [2.75, 3.05) is 0 Å². The minimum atomic E-state index is -0.0877. The van der Waals surface area contributed by atoms with Gasteiger partial charge in [-0.05, 0) is 12.8 Å². The van der Waals surface area contributed by atoms with Crippen molar-refractivity contribution in [3.05, 3.63) is 0 Å². The molecule has 0 atom stereocenters. The Labute approximate surface area is 78.0 Å². The summed E-state index contributed by atoms with van der Waals surface area (Å²) >= 11 is 0. The summed E-state index contributed by atoms with van der Waals surface area (Å²) in [6, 6.07) is 0. The molecule has 0 spiro atoms. The van der Waals surface area contributed by atoms with Gasteiger partial charge in [0.2, 0.25) is 11.8 Å². The van der Waals surface area contributed by atoms with E-state index in [2.05, 4.69) is 10.9 Å². The van der Waals surface area contributed by atoms with E-state index in [0.717, 1.165) is 32.1 Å². The van der Waals surface area contributed by atoms with Crippen LogP contribution in [0.25, 0.3) is 0 Å². The lowest BCUT2D eigenvalue weighted by molar-refractivity contribution is -0.128. The fourth-order valence-corrected chi connectivity index (χ4v) is 1.37. The van der Waals surface area contributed by atoms with Gasteiger partial charge in [-0.1, -0.05) is 19.3 Å². The van der Waals surface area contributed by atoms with Gasteiger partial charge in [0, 0.05) is 12.8 Å². The number of hydrazine groups is 1. The maximum atomic E-state index is 11.0. The van der Waals surface area contributed by atoms with Crippen LogP contribution in [0.5, 0.6) is 0 Å². The number of amides is 2. The third kappa shape index (κ3) is 4.50. The highest BCUT2D eigenvalue weighted by Crippen LogP contribution is 2.07. The average molecular weight is 184 g/mol. The SMILES string of the molecule is O=C1CCCCCCCC(=O)NN1. The van der Waals surface area contributed by atoms with Crippen LogP contribution in [0, 0.1) is 0 Å². The molecule has 1 heterocycles. The van der Waals surface area contributed by atoms with Crippen LogP contribution in [0.4, 0.5) is 0 Å². The van der Waals surface area contributed by atoms with Gasteiger partial charge in [0.25, 0.3) is 0 Å². The van der Waals surface area contributed by atoms with Gasteiger partial charge in [-0.15, -0.1) is 0 Å². The molecule has 74 valence electrons. The highest BCUT2D eigenvalue weighted by molar-refractivity contribution is 5.81. The molecule has 0 radical (unpaired) electrons. The lowest BCUT2D eigenvalue weighted by Gasteiger charge is -2.04. The second-order valence-corrected chi connectivity index (χ2v) is 3.36. The Morgan fingerprint density at radius 3 is 1.54 bits per heavy atom. The molecule has 1 rings (SSSR count). The molecule has 2 amide bonds. The zero-order valence-corrected chi connectivity index (χ0v) is 7.77. The van der Waals surface area contributed by atoms with Crippen LogP contribution in [-0.2, 0) is 9.59 Å². The van der Waals surface area contributed by atoms with Gasteiger partial charge in [0.1, 0.15) is 0 Å². The fourth-order valence-electron chi connectivity index (χ4n) is 1.37. The summed E-state index contributed by atoms with van der Waals surface area (Å²) in [6.45, 7) is 0. The van der Waals surface area contributed by atoms with Crippen molar-refractivity contribution in [2.45, 2.75) is 44.9 Å². The molecule has 13 heavy (non-hydrogen) atoms. The van der Waals surface area contributed by atoms with Crippen LogP contribution in [0.1, 0.15) is 44.9 Å². The van der Waals surface area contributed by atoms with Crippen molar-refractivity contribution in [1.82, 2.24) is 10.9 Å². The van der Waals surface area contributed by atoms with Gasteiger partial charge >= 0.3 is 0 Å². The Morgan fingerprint density at radius 2 is 1.08 bits per heavy atom. The molecule has 0 aliphatic carbocycles. The standard InChI is InChI=1S/C9H16N2O2/c12-8-6-4-2-1-3-5-7-9(13)11-10-8/h1-7H2,(H,10,12)(H,11,13). The predicted octanol–water partition coefficient (Wildman–Crippen LogP) is 0.878. The van der Waals surface area contributed by atoms with Crippen molar-refractivity contribution in [1.29, 1.82) is 0 Å². The number of carbonyl (C=O) groups is 2. The molecule has 1 aliphatic heterocycles. The Kier molecular flexibility index (Phi) is 4.29. The molecule has 1 fully saturated rings. The first-order valence-electron chi connectivity index (χ1n) is 4.87. The summed E-state index contributed by atoms with van der Waals surface area (Å²) in [4.78, 5) is 22.1. The molecular weight excluding hydrogens is 168 g/mol. The van der Waals surface area contributed by atoms with Crippen LogP contribution < -0.4 is 10.9 Å². The summed E-state index contributed by atoms with van der Waals surface area (Å²) < 4.78 is 0. The summed E-state index contributed by atoms with van der Waals surface area (Å²) in [6.07, 6.45) is 6.16. The Balaban J connectivity index is 2.32. The first-order valence-corrected chi connectivity index (χ1v) is 4.87. The van der Waals surface area contributed by atoms with Gasteiger partial charge in [-0.2, -0.15) is 0 Å². The number of carbonyl (C=O) groups excluding carboxylic acids is 2. The summed E-state index contributed by atoms with van der Waals surface area (Å²) in [7, 11) is 0. The monoisotopic (exact) mass is 184 g/mol. The fraction of sp³-hybridized carbons (Fsp3) is 0.778. The first kappa shape index (κ1) is 10.0.